The van der Waals surface area contributed by atoms with Crippen molar-refractivity contribution in [3.05, 3.63) is 63.9 Å². The maximum atomic E-state index is 12.9. The van der Waals surface area contributed by atoms with E-state index in [9.17, 15) is 14.4 Å². The monoisotopic (exact) mass is 468 g/mol. The van der Waals surface area contributed by atoms with Crippen LogP contribution in [0.5, 0.6) is 0 Å². The number of hydrogen-bond acceptors (Lipinski definition) is 6. The van der Waals surface area contributed by atoms with Crippen molar-refractivity contribution in [2.75, 3.05) is 31.3 Å². The number of nitrogens with one attached hydrogen (secondary N) is 2. The van der Waals surface area contributed by atoms with Crippen LogP contribution in [0.25, 0.3) is 10.9 Å². The highest BCUT2D eigenvalue weighted by Crippen LogP contribution is 2.20. The number of para-hydroxylation sites is 2. The number of anilines is 1. The van der Waals surface area contributed by atoms with Gasteiger partial charge >= 0.3 is 0 Å². The average molecular weight is 469 g/mol. The number of methoxy groups -OCH3 is 1. The predicted molar refractivity (Wildman–Crippen MR) is 131 cm³/mol. The normalized spacial score (nSPS) is 10.9. The predicted octanol–water partition coefficient (Wildman–Crippen LogP) is 2.90. The van der Waals surface area contributed by atoms with E-state index in [1.54, 1.807) is 29.9 Å². The summed E-state index contributed by atoms with van der Waals surface area (Å²) in [4.78, 5) is 42.2. The summed E-state index contributed by atoms with van der Waals surface area (Å²) in [6.45, 7) is 4.64. The first kappa shape index (κ1) is 24.5. The Hall–Kier alpha value is -3.17. The minimum absolute atomic E-state index is 0.0335. The van der Waals surface area contributed by atoms with Gasteiger partial charge in [0.2, 0.25) is 11.8 Å². The molecule has 1 aromatic heterocycles. The number of aromatic nitrogens is 2. The molecule has 2 N–H and O–H groups in total. The van der Waals surface area contributed by atoms with Gasteiger partial charge in [-0.2, -0.15) is 0 Å². The van der Waals surface area contributed by atoms with E-state index >= 15 is 0 Å². The lowest BCUT2D eigenvalue weighted by atomic mass is 10.1. The van der Waals surface area contributed by atoms with Crippen molar-refractivity contribution in [3.8, 4) is 0 Å². The Morgan fingerprint density at radius 3 is 2.52 bits per heavy atom. The summed E-state index contributed by atoms with van der Waals surface area (Å²) in [5.41, 5.74) is 3.11. The molecule has 0 radical (unpaired) electrons. The minimum Gasteiger partial charge on any atom is -0.385 e. The summed E-state index contributed by atoms with van der Waals surface area (Å²) in [5, 5.41) is 6.47. The SMILES string of the molecule is COCCCn1c(SCC(=O)NCC(=O)Nc2c(C)cccc2C)nc2ccccc2c1=O. The summed E-state index contributed by atoms with van der Waals surface area (Å²) in [6, 6.07) is 12.9. The molecule has 0 aliphatic rings. The van der Waals surface area contributed by atoms with E-state index in [0.717, 1.165) is 16.8 Å². The zero-order chi connectivity index (χ0) is 23.8. The van der Waals surface area contributed by atoms with Crippen molar-refractivity contribution >= 4 is 40.2 Å². The largest absolute Gasteiger partial charge is 0.385 e. The Morgan fingerprint density at radius 1 is 1.06 bits per heavy atom. The number of thioether (sulfide) groups is 1. The van der Waals surface area contributed by atoms with E-state index in [1.165, 1.54) is 11.8 Å². The standard InChI is InChI=1S/C24H28N4O4S/c1-16-8-6-9-17(2)22(16)27-20(29)14-25-21(30)15-33-24-26-19-11-5-4-10-18(19)23(31)28(24)12-7-13-32-3/h4-6,8-11H,7,12-15H2,1-3H3,(H,25,30)(H,27,29). The molecule has 3 aromatic rings. The Kier molecular flexibility index (Phi) is 8.62. The van der Waals surface area contributed by atoms with Crippen molar-refractivity contribution in [3.63, 3.8) is 0 Å². The van der Waals surface area contributed by atoms with Gasteiger partial charge in [0.15, 0.2) is 5.16 Å². The van der Waals surface area contributed by atoms with Crippen molar-refractivity contribution in [1.82, 2.24) is 14.9 Å². The van der Waals surface area contributed by atoms with Gasteiger partial charge in [-0.1, -0.05) is 42.1 Å². The maximum Gasteiger partial charge on any atom is 0.262 e. The number of ether oxygens (including phenoxy) is 1. The summed E-state index contributed by atoms with van der Waals surface area (Å²) in [5.74, 6) is -0.584. The molecule has 0 unspecified atom stereocenters. The Morgan fingerprint density at radius 2 is 1.79 bits per heavy atom. The second-order valence-electron chi connectivity index (χ2n) is 7.60. The average Bonchev–Trinajstić information content (AvgIpc) is 2.80. The first-order valence-corrected chi connectivity index (χ1v) is 11.6. The van der Waals surface area contributed by atoms with Gasteiger partial charge in [-0.05, 0) is 43.5 Å². The van der Waals surface area contributed by atoms with Gasteiger partial charge in [-0.3, -0.25) is 19.0 Å². The fourth-order valence-electron chi connectivity index (χ4n) is 3.38. The number of rotatable bonds is 10. The second-order valence-corrected chi connectivity index (χ2v) is 8.54. The van der Waals surface area contributed by atoms with Crippen LogP contribution in [0.1, 0.15) is 17.5 Å². The van der Waals surface area contributed by atoms with Crippen LogP contribution < -0.4 is 16.2 Å². The number of amides is 2. The Labute approximate surface area is 196 Å². The van der Waals surface area contributed by atoms with E-state index in [-0.39, 0.29) is 29.7 Å². The van der Waals surface area contributed by atoms with Crippen molar-refractivity contribution in [1.29, 1.82) is 0 Å². The number of benzene rings is 2. The number of fused-ring (bicyclic) bond motifs is 1. The Bertz CT molecular complexity index is 1190. The molecule has 8 nitrogen and oxygen atoms in total. The molecule has 2 amide bonds. The molecule has 1 heterocycles. The molecule has 0 aliphatic heterocycles. The molecule has 0 aliphatic carbocycles. The molecule has 3 rings (SSSR count). The van der Waals surface area contributed by atoms with Gasteiger partial charge in [0.25, 0.3) is 5.56 Å². The van der Waals surface area contributed by atoms with Crippen molar-refractivity contribution in [2.45, 2.75) is 32.0 Å². The summed E-state index contributed by atoms with van der Waals surface area (Å²) >= 11 is 1.17. The van der Waals surface area contributed by atoms with Crippen LogP contribution in [-0.4, -0.2) is 47.4 Å². The minimum atomic E-state index is -0.317. The fourth-order valence-corrected chi connectivity index (χ4v) is 4.23. The van der Waals surface area contributed by atoms with E-state index in [1.807, 2.05) is 38.1 Å². The zero-order valence-corrected chi connectivity index (χ0v) is 19.8. The second kappa shape index (κ2) is 11.6. The first-order chi connectivity index (χ1) is 15.9. The Balaban J connectivity index is 1.63. The molecule has 174 valence electrons. The van der Waals surface area contributed by atoms with Crippen LogP contribution >= 0.6 is 11.8 Å². The number of carbonyl (C=O) groups is 2. The van der Waals surface area contributed by atoms with Gasteiger partial charge in [0.1, 0.15) is 0 Å². The van der Waals surface area contributed by atoms with Crippen LogP contribution in [0.4, 0.5) is 5.69 Å². The number of carbonyl (C=O) groups excluding carboxylic acids is 2. The number of nitrogens with zero attached hydrogens (tertiary/aromatic N) is 2. The first-order valence-electron chi connectivity index (χ1n) is 10.6. The third kappa shape index (κ3) is 6.43. The van der Waals surface area contributed by atoms with Crippen LogP contribution in [0.2, 0.25) is 0 Å². The third-order valence-electron chi connectivity index (χ3n) is 5.08. The van der Waals surface area contributed by atoms with E-state index in [4.69, 9.17) is 4.74 Å². The molecule has 0 spiro atoms. The molecule has 0 fully saturated rings. The molecular formula is C24H28N4O4S. The molecule has 0 saturated carbocycles. The topological polar surface area (TPSA) is 102 Å². The highest BCUT2D eigenvalue weighted by atomic mass is 32.2. The van der Waals surface area contributed by atoms with Gasteiger partial charge in [-0.15, -0.1) is 0 Å². The van der Waals surface area contributed by atoms with Gasteiger partial charge in [0, 0.05) is 25.9 Å². The lowest BCUT2D eigenvalue weighted by Crippen LogP contribution is -2.34. The van der Waals surface area contributed by atoms with Crippen LogP contribution in [0, 0.1) is 13.8 Å². The quantitative estimate of drug-likeness (QED) is 0.270. The summed E-state index contributed by atoms with van der Waals surface area (Å²) in [6.07, 6.45) is 0.647. The van der Waals surface area contributed by atoms with E-state index in [0.29, 0.717) is 35.6 Å². The fraction of sp³-hybridized carbons (Fsp3) is 0.333. The van der Waals surface area contributed by atoms with Crippen LogP contribution in [-0.2, 0) is 20.9 Å². The zero-order valence-electron chi connectivity index (χ0n) is 19.0. The van der Waals surface area contributed by atoms with Gasteiger partial charge < -0.3 is 15.4 Å². The van der Waals surface area contributed by atoms with Gasteiger partial charge in [-0.25, -0.2) is 4.98 Å². The van der Waals surface area contributed by atoms with Crippen LogP contribution in [0.15, 0.2) is 52.4 Å². The van der Waals surface area contributed by atoms with E-state index in [2.05, 4.69) is 15.6 Å². The van der Waals surface area contributed by atoms with Crippen molar-refractivity contribution < 1.29 is 14.3 Å². The molecule has 33 heavy (non-hydrogen) atoms. The molecular weight excluding hydrogens is 440 g/mol. The van der Waals surface area contributed by atoms with Crippen molar-refractivity contribution in [2.24, 2.45) is 0 Å². The molecule has 0 saturated heterocycles. The summed E-state index contributed by atoms with van der Waals surface area (Å²) in [7, 11) is 1.61. The third-order valence-corrected chi connectivity index (χ3v) is 6.06. The lowest BCUT2D eigenvalue weighted by molar-refractivity contribution is -0.122. The highest BCUT2D eigenvalue weighted by molar-refractivity contribution is 7.99. The highest BCUT2D eigenvalue weighted by Gasteiger charge is 2.14. The lowest BCUT2D eigenvalue weighted by Gasteiger charge is -2.13. The molecule has 0 atom stereocenters. The van der Waals surface area contributed by atoms with E-state index < -0.39 is 0 Å². The van der Waals surface area contributed by atoms with Gasteiger partial charge in [0.05, 0.1) is 23.2 Å². The summed E-state index contributed by atoms with van der Waals surface area (Å²) < 4.78 is 6.67. The maximum absolute atomic E-state index is 12.9. The smallest absolute Gasteiger partial charge is 0.262 e. The van der Waals surface area contributed by atoms with Crippen LogP contribution in [0.3, 0.4) is 0 Å². The molecule has 0 bridgehead atoms. The molecule has 2 aromatic carbocycles. The number of hydrogen-bond donors (Lipinski definition) is 2. The number of aryl methyl sites for hydroxylation is 2. The molecule has 9 heteroatoms.